The standard InChI is InChI=1S/C22H27N5O3S/c1-16-5-3-6-17(13-16)31(29,30)27-11-7-22(8-12-27)19-15-26(21-23-9-4-10-24-21)14-18(19)20(28)25(22)2/h3-6,9-10,13,18-19H,7-8,11-12,14-15H2,1-2H3/t18-,19+/m1/s1. The number of nitrogens with zero attached hydrogens (tertiary/aromatic N) is 5. The van der Waals surface area contributed by atoms with E-state index < -0.39 is 10.0 Å². The SMILES string of the molecule is Cc1cccc(S(=O)(=O)N2CCC3(CC2)[C@H]2CN(c4ncccn4)C[C@H]2C(=O)N3C)c1. The lowest BCUT2D eigenvalue weighted by molar-refractivity contribution is -0.132. The summed E-state index contributed by atoms with van der Waals surface area (Å²) in [7, 11) is -1.65. The van der Waals surface area contributed by atoms with Crippen LogP contribution in [0.3, 0.4) is 0 Å². The monoisotopic (exact) mass is 441 g/mol. The lowest BCUT2D eigenvalue weighted by Gasteiger charge is -2.46. The van der Waals surface area contributed by atoms with Crippen LogP contribution in [0.5, 0.6) is 0 Å². The van der Waals surface area contributed by atoms with Gasteiger partial charge in [-0.05, 0) is 43.5 Å². The van der Waals surface area contributed by atoms with Crippen molar-refractivity contribution in [3.63, 3.8) is 0 Å². The summed E-state index contributed by atoms with van der Waals surface area (Å²) >= 11 is 0. The third kappa shape index (κ3) is 3.13. The van der Waals surface area contributed by atoms with Crippen LogP contribution in [0.2, 0.25) is 0 Å². The van der Waals surface area contributed by atoms with Crippen molar-refractivity contribution in [2.45, 2.75) is 30.2 Å². The van der Waals surface area contributed by atoms with Gasteiger partial charge in [0, 0.05) is 51.5 Å². The van der Waals surface area contributed by atoms with Crippen LogP contribution in [0, 0.1) is 18.8 Å². The van der Waals surface area contributed by atoms with E-state index in [1.807, 2.05) is 24.9 Å². The highest BCUT2D eigenvalue weighted by Crippen LogP contribution is 2.49. The van der Waals surface area contributed by atoms with Crippen molar-refractivity contribution in [1.82, 2.24) is 19.2 Å². The highest BCUT2D eigenvalue weighted by Gasteiger charge is 2.61. The zero-order chi connectivity index (χ0) is 21.8. The number of benzene rings is 1. The maximum absolute atomic E-state index is 13.2. The molecule has 3 saturated heterocycles. The third-order valence-corrected chi connectivity index (χ3v) is 9.27. The summed E-state index contributed by atoms with van der Waals surface area (Å²) in [6.45, 7) is 4.06. The number of hydrogen-bond donors (Lipinski definition) is 0. The molecule has 0 bridgehead atoms. The van der Waals surface area contributed by atoms with Crippen LogP contribution in [0.4, 0.5) is 5.95 Å². The van der Waals surface area contributed by atoms with Gasteiger partial charge in [-0.3, -0.25) is 4.79 Å². The normalized spacial score (nSPS) is 25.9. The van der Waals surface area contributed by atoms with Gasteiger partial charge in [-0.1, -0.05) is 12.1 Å². The van der Waals surface area contributed by atoms with Gasteiger partial charge in [0.2, 0.25) is 21.9 Å². The molecule has 31 heavy (non-hydrogen) atoms. The van der Waals surface area contributed by atoms with Gasteiger partial charge in [0.1, 0.15) is 0 Å². The molecule has 8 nitrogen and oxygen atoms in total. The van der Waals surface area contributed by atoms with E-state index in [0.29, 0.717) is 43.3 Å². The van der Waals surface area contributed by atoms with E-state index in [1.54, 1.807) is 41.0 Å². The van der Waals surface area contributed by atoms with Crippen molar-refractivity contribution in [1.29, 1.82) is 0 Å². The molecular formula is C22H27N5O3S. The minimum absolute atomic E-state index is 0.0891. The van der Waals surface area contributed by atoms with Crippen molar-refractivity contribution < 1.29 is 13.2 Å². The Hall–Kier alpha value is -2.52. The Bertz CT molecular complexity index is 1100. The number of carbonyl (C=O) groups is 1. The van der Waals surface area contributed by atoms with Crippen molar-refractivity contribution >= 4 is 21.9 Å². The van der Waals surface area contributed by atoms with Crippen LogP contribution in [0.15, 0.2) is 47.6 Å². The number of aromatic nitrogens is 2. The molecule has 0 saturated carbocycles. The van der Waals surface area contributed by atoms with Gasteiger partial charge in [0.25, 0.3) is 0 Å². The Labute approximate surface area is 182 Å². The fourth-order valence-corrected chi connectivity index (χ4v) is 7.22. The van der Waals surface area contributed by atoms with Gasteiger partial charge in [0.05, 0.1) is 16.4 Å². The van der Waals surface area contributed by atoms with E-state index in [9.17, 15) is 13.2 Å². The quantitative estimate of drug-likeness (QED) is 0.718. The fourth-order valence-electron chi connectivity index (χ4n) is 5.68. The molecule has 1 amide bonds. The molecule has 2 aromatic rings. The number of fused-ring (bicyclic) bond motifs is 2. The Morgan fingerprint density at radius 3 is 2.45 bits per heavy atom. The number of anilines is 1. The third-order valence-electron chi connectivity index (χ3n) is 7.38. The zero-order valence-corrected chi connectivity index (χ0v) is 18.6. The van der Waals surface area contributed by atoms with Gasteiger partial charge in [0.15, 0.2) is 0 Å². The lowest BCUT2D eigenvalue weighted by atomic mass is 9.75. The molecule has 2 atom stereocenters. The van der Waals surface area contributed by atoms with Gasteiger partial charge < -0.3 is 9.80 Å². The summed E-state index contributed by atoms with van der Waals surface area (Å²) in [5, 5.41) is 0. The molecule has 3 aliphatic rings. The van der Waals surface area contributed by atoms with Crippen LogP contribution in [-0.2, 0) is 14.8 Å². The average molecular weight is 442 g/mol. The molecule has 1 spiro atoms. The Balaban J connectivity index is 1.37. The van der Waals surface area contributed by atoms with Crippen molar-refractivity contribution in [2.24, 2.45) is 11.8 Å². The van der Waals surface area contributed by atoms with Crippen molar-refractivity contribution in [3.8, 4) is 0 Å². The van der Waals surface area contributed by atoms with Crippen LogP contribution in [-0.4, -0.2) is 72.3 Å². The molecule has 1 aromatic carbocycles. The minimum atomic E-state index is -3.54. The van der Waals surface area contributed by atoms with E-state index in [2.05, 4.69) is 14.9 Å². The number of carbonyl (C=O) groups excluding carboxylic acids is 1. The second kappa shape index (κ2) is 7.27. The molecule has 3 fully saturated rings. The Morgan fingerprint density at radius 1 is 1.06 bits per heavy atom. The molecule has 9 heteroatoms. The first-order chi connectivity index (χ1) is 14.8. The Kier molecular flexibility index (Phi) is 4.78. The van der Waals surface area contributed by atoms with E-state index in [-0.39, 0.29) is 23.3 Å². The first-order valence-electron chi connectivity index (χ1n) is 10.7. The highest BCUT2D eigenvalue weighted by atomic mass is 32.2. The van der Waals surface area contributed by atoms with Gasteiger partial charge in [-0.15, -0.1) is 0 Å². The second-order valence-electron chi connectivity index (χ2n) is 8.89. The predicted molar refractivity (Wildman–Crippen MR) is 116 cm³/mol. The lowest BCUT2D eigenvalue weighted by Crippen LogP contribution is -2.56. The molecule has 0 radical (unpaired) electrons. The van der Waals surface area contributed by atoms with Crippen LogP contribution in [0.25, 0.3) is 0 Å². The van der Waals surface area contributed by atoms with E-state index in [0.717, 1.165) is 12.1 Å². The summed E-state index contributed by atoms with van der Waals surface area (Å²) < 4.78 is 27.9. The van der Waals surface area contributed by atoms with Gasteiger partial charge in [-0.25, -0.2) is 18.4 Å². The van der Waals surface area contributed by atoms with Crippen molar-refractivity contribution in [3.05, 3.63) is 48.3 Å². The molecule has 5 rings (SSSR count). The molecule has 4 heterocycles. The van der Waals surface area contributed by atoms with Crippen LogP contribution in [0.1, 0.15) is 18.4 Å². The fraction of sp³-hybridized carbons (Fsp3) is 0.500. The summed E-state index contributed by atoms with van der Waals surface area (Å²) in [6, 6.07) is 8.83. The Morgan fingerprint density at radius 2 is 1.77 bits per heavy atom. The maximum Gasteiger partial charge on any atom is 0.243 e. The van der Waals surface area contributed by atoms with Crippen LogP contribution >= 0.6 is 0 Å². The smallest absolute Gasteiger partial charge is 0.243 e. The average Bonchev–Trinajstić information content (AvgIpc) is 3.31. The number of amides is 1. The highest BCUT2D eigenvalue weighted by molar-refractivity contribution is 7.89. The topological polar surface area (TPSA) is 86.7 Å². The second-order valence-corrected chi connectivity index (χ2v) is 10.8. The largest absolute Gasteiger partial charge is 0.340 e. The molecule has 1 aromatic heterocycles. The minimum Gasteiger partial charge on any atom is -0.340 e. The van der Waals surface area contributed by atoms with E-state index >= 15 is 0 Å². The molecular weight excluding hydrogens is 414 g/mol. The summed E-state index contributed by atoms with van der Waals surface area (Å²) in [4.78, 5) is 26.1. The zero-order valence-electron chi connectivity index (χ0n) is 17.8. The molecule has 164 valence electrons. The number of hydrogen-bond acceptors (Lipinski definition) is 6. The predicted octanol–water partition coefficient (Wildman–Crippen LogP) is 1.53. The first kappa shape index (κ1) is 20.4. The molecule has 0 unspecified atom stereocenters. The number of sulfonamides is 1. The molecule has 3 aliphatic heterocycles. The van der Waals surface area contributed by atoms with E-state index in [1.165, 1.54) is 0 Å². The van der Waals surface area contributed by atoms with Crippen molar-refractivity contribution in [2.75, 3.05) is 38.1 Å². The number of aryl methyl sites for hydroxylation is 1. The summed E-state index contributed by atoms with van der Waals surface area (Å²) in [6.07, 6.45) is 4.72. The molecule has 0 aliphatic carbocycles. The molecule has 0 N–H and O–H groups in total. The van der Waals surface area contributed by atoms with Gasteiger partial charge >= 0.3 is 0 Å². The maximum atomic E-state index is 13.2. The van der Waals surface area contributed by atoms with Gasteiger partial charge in [-0.2, -0.15) is 4.31 Å². The number of piperidine rings is 1. The number of likely N-dealkylation sites (tertiary alicyclic amines) is 1. The van der Waals surface area contributed by atoms with Crippen LogP contribution < -0.4 is 4.90 Å². The summed E-state index contributed by atoms with van der Waals surface area (Å²) in [5.41, 5.74) is 0.608. The number of rotatable bonds is 3. The van der Waals surface area contributed by atoms with E-state index in [4.69, 9.17) is 0 Å². The summed E-state index contributed by atoms with van der Waals surface area (Å²) in [5.74, 6) is 0.867. The first-order valence-corrected chi connectivity index (χ1v) is 12.1.